The summed E-state index contributed by atoms with van der Waals surface area (Å²) in [7, 11) is 3.87. The van der Waals surface area contributed by atoms with Crippen LogP contribution >= 0.6 is 0 Å². The molecule has 0 fully saturated rings. The van der Waals surface area contributed by atoms with Gasteiger partial charge in [0, 0.05) is 48.7 Å². The number of hydrogen-bond acceptors (Lipinski definition) is 3. The Labute approximate surface area is 143 Å². The van der Waals surface area contributed by atoms with Gasteiger partial charge in [-0.15, -0.1) is 0 Å². The zero-order valence-electron chi connectivity index (χ0n) is 15.2. The van der Waals surface area contributed by atoms with E-state index in [0.717, 1.165) is 34.3 Å². The van der Waals surface area contributed by atoms with Gasteiger partial charge in [0.15, 0.2) is 0 Å². The van der Waals surface area contributed by atoms with E-state index in [4.69, 9.17) is 0 Å². The third-order valence-electron chi connectivity index (χ3n) is 3.61. The van der Waals surface area contributed by atoms with Crippen LogP contribution in [-0.2, 0) is 7.05 Å². The molecule has 3 rings (SSSR count). The highest BCUT2D eigenvalue weighted by Gasteiger charge is 2.10. The summed E-state index contributed by atoms with van der Waals surface area (Å²) in [6, 6.07) is 2.18. The molecule has 0 radical (unpaired) electrons. The monoisotopic (exact) mass is 325 g/mol. The van der Waals surface area contributed by atoms with Gasteiger partial charge in [-0.1, -0.05) is 26.3 Å². The van der Waals surface area contributed by atoms with E-state index in [-0.39, 0.29) is 0 Å². The van der Waals surface area contributed by atoms with Crippen LogP contribution in [0.4, 0.5) is 0 Å². The first-order valence-electron chi connectivity index (χ1n) is 8.38. The summed E-state index contributed by atoms with van der Waals surface area (Å²) < 4.78 is 1.81. The van der Waals surface area contributed by atoms with E-state index in [2.05, 4.69) is 53.3 Å². The molecule has 0 unspecified atom stereocenters. The fourth-order valence-corrected chi connectivity index (χ4v) is 2.39. The van der Waals surface area contributed by atoms with Crippen molar-refractivity contribution in [2.75, 3.05) is 13.6 Å². The lowest BCUT2D eigenvalue weighted by atomic mass is 10.0. The molecule has 0 spiro atoms. The Hall–Kier alpha value is -2.40. The molecule has 3 aromatic rings. The number of H-pyrrole nitrogens is 1. The predicted octanol–water partition coefficient (Wildman–Crippen LogP) is 4.00. The second-order valence-corrected chi connectivity index (χ2v) is 5.88. The third-order valence-corrected chi connectivity index (χ3v) is 3.61. The van der Waals surface area contributed by atoms with Gasteiger partial charge < -0.3 is 10.3 Å². The fourth-order valence-electron chi connectivity index (χ4n) is 2.39. The summed E-state index contributed by atoms with van der Waals surface area (Å²) >= 11 is 0. The Morgan fingerprint density at radius 1 is 1.33 bits per heavy atom. The molecule has 0 amide bonds. The fraction of sp³-hybridized carbons (Fsp3) is 0.368. The Morgan fingerprint density at radius 2 is 2.08 bits per heavy atom. The van der Waals surface area contributed by atoms with Gasteiger partial charge in [0.2, 0.25) is 0 Å². The Bertz CT molecular complexity index is 810. The number of nitrogens with one attached hydrogen (secondary N) is 2. The van der Waals surface area contributed by atoms with Crippen molar-refractivity contribution in [3.63, 3.8) is 0 Å². The second-order valence-electron chi connectivity index (χ2n) is 5.88. The molecule has 24 heavy (non-hydrogen) atoms. The van der Waals surface area contributed by atoms with Crippen LogP contribution in [0.15, 0.2) is 36.9 Å². The quantitative estimate of drug-likeness (QED) is 0.762. The highest BCUT2D eigenvalue weighted by Crippen LogP contribution is 2.29. The van der Waals surface area contributed by atoms with Crippen molar-refractivity contribution < 1.29 is 0 Å². The molecule has 0 aliphatic carbocycles. The van der Waals surface area contributed by atoms with E-state index in [0.29, 0.717) is 0 Å². The molecule has 0 saturated heterocycles. The molecule has 0 atom stereocenters. The lowest BCUT2D eigenvalue weighted by Crippen LogP contribution is -2.04. The number of aromatic nitrogens is 4. The average Bonchev–Trinajstić information content (AvgIpc) is 3.18. The van der Waals surface area contributed by atoms with Crippen LogP contribution in [0.1, 0.15) is 32.8 Å². The number of allylic oxidation sites excluding steroid dienone is 1. The van der Waals surface area contributed by atoms with Crippen LogP contribution in [0.25, 0.3) is 27.7 Å². The molecule has 3 aromatic heterocycles. The van der Waals surface area contributed by atoms with Crippen molar-refractivity contribution in [1.29, 1.82) is 0 Å². The van der Waals surface area contributed by atoms with Gasteiger partial charge in [0.1, 0.15) is 5.65 Å². The van der Waals surface area contributed by atoms with Gasteiger partial charge >= 0.3 is 0 Å². The maximum absolute atomic E-state index is 4.52. The highest BCUT2D eigenvalue weighted by molar-refractivity contribution is 5.94. The van der Waals surface area contributed by atoms with E-state index in [1.165, 1.54) is 12.0 Å². The standard InChI is InChI=1S/C16H19N5.C3H8/c1-11(4-5-17-2)12-6-14-15(9-19-16(14)18-7-12)13-8-20-21(3)10-13;1-3-2/h4,6-10,17H,5H2,1-3H3,(H,18,19);3H2,1-2H3/b11-4+;. The van der Waals surface area contributed by atoms with Gasteiger partial charge in [0.25, 0.3) is 0 Å². The number of hydrogen-bond donors (Lipinski definition) is 2. The molecule has 5 heteroatoms. The maximum atomic E-state index is 4.52. The van der Waals surface area contributed by atoms with Crippen LogP contribution in [0, 0.1) is 0 Å². The van der Waals surface area contributed by atoms with Crippen LogP contribution in [0.5, 0.6) is 0 Å². The number of aryl methyl sites for hydroxylation is 1. The van der Waals surface area contributed by atoms with Gasteiger partial charge in [-0.3, -0.25) is 4.68 Å². The first kappa shape index (κ1) is 17.9. The van der Waals surface area contributed by atoms with Crippen molar-refractivity contribution >= 4 is 16.6 Å². The Morgan fingerprint density at radius 3 is 2.71 bits per heavy atom. The topological polar surface area (TPSA) is 58.5 Å². The Balaban J connectivity index is 0.000000647. The first-order valence-corrected chi connectivity index (χ1v) is 8.38. The second kappa shape index (κ2) is 8.45. The van der Waals surface area contributed by atoms with Crippen molar-refractivity contribution in [3.05, 3.63) is 42.5 Å². The van der Waals surface area contributed by atoms with Gasteiger partial charge in [-0.2, -0.15) is 5.10 Å². The molecule has 2 N–H and O–H groups in total. The molecular formula is C19H27N5. The molecule has 0 aromatic carbocycles. The SMILES string of the molecule is CCC.CNC/C=C(\C)c1cnc2[nH]cc(-c3cnn(C)c3)c2c1. The van der Waals surface area contributed by atoms with Crippen molar-refractivity contribution in [2.24, 2.45) is 7.05 Å². The van der Waals surface area contributed by atoms with Gasteiger partial charge in [-0.05, 0) is 31.2 Å². The molecule has 3 heterocycles. The van der Waals surface area contributed by atoms with Crippen LogP contribution in [0.3, 0.4) is 0 Å². The van der Waals surface area contributed by atoms with E-state index < -0.39 is 0 Å². The van der Waals surface area contributed by atoms with E-state index in [9.17, 15) is 0 Å². The average molecular weight is 325 g/mol. The molecule has 5 nitrogen and oxygen atoms in total. The largest absolute Gasteiger partial charge is 0.346 e. The van der Waals surface area contributed by atoms with E-state index >= 15 is 0 Å². The lowest BCUT2D eigenvalue weighted by molar-refractivity contribution is 0.768. The van der Waals surface area contributed by atoms with Crippen molar-refractivity contribution in [2.45, 2.75) is 27.2 Å². The van der Waals surface area contributed by atoms with Gasteiger partial charge in [0.05, 0.1) is 6.20 Å². The molecule has 128 valence electrons. The molecule has 0 aliphatic rings. The lowest BCUT2D eigenvalue weighted by Gasteiger charge is -2.03. The number of pyridine rings is 1. The number of aromatic amines is 1. The highest BCUT2D eigenvalue weighted by atomic mass is 15.2. The summed E-state index contributed by atoms with van der Waals surface area (Å²) in [5.41, 5.74) is 5.49. The number of fused-ring (bicyclic) bond motifs is 1. The molecule has 0 aliphatic heterocycles. The zero-order valence-corrected chi connectivity index (χ0v) is 15.2. The molecular weight excluding hydrogens is 298 g/mol. The summed E-state index contributed by atoms with van der Waals surface area (Å²) in [6.45, 7) is 7.21. The zero-order chi connectivity index (χ0) is 17.5. The van der Waals surface area contributed by atoms with Gasteiger partial charge in [-0.25, -0.2) is 4.98 Å². The number of rotatable bonds is 4. The van der Waals surface area contributed by atoms with Crippen LogP contribution in [0.2, 0.25) is 0 Å². The minimum atomic E-state index is 0.854. The van der Waals surface area contributed by atoms with Crippen LogP contribution < -0.4 is 5.32 Å². The van der Waals surface area contributed by atoms with E-state index in [1.54, 1.807) is 0 Å². The number of nitrogens with zero attached hydrogens (tertiary/aromatic N) is 3. The van der Waals surface area contributed by atoms with Crippen molar-refractivity contribution in [1.82, 2.24) is 25.1 Å². The minimum Gasteiger partial charge on any atom is -0.346 e. The normalized spacial score (nSPS) is 11.5. The first-order chi connectivity index (χ1) is 11.6. The maximum Gasteiger partial charge on any atom is 0.137 e. The smallest absolute Gasteiger partial charge is 0.137 e. The van der Waals surface area contributed by atoms with E-state index in [1.807, 2.05) is 43.6 Å². The molecule has 0 saturated carbocycles. The number of likely N-dealkylation sites (N-methyl/N-ethyl adjacent to an activating group) is 1. The summed E-state index contributed by atoms with van der Waals surface area (Å²) in [4.78, 5) is 7.74. The Kier molecular flexibility index (Phi) is 6.32. The minimum absolute atomic E-state index is 0.854. The summed E-state index contributed by atoms with van der Waals surface area (Å²) in [5, 5.41) is 8.49. The summed E-state index contributed by atoms with van der Waals surface area (Å²) in [6.07, 6.45) is 11.2. The predicted molar refractivity (Wildman–Crippen MR) is 102 cm³/mol. The van der Waals surface area contributed by atoms with Crippen LogP contribution in [-0.4, -0.2) is 33.3 Å². The summed E-state index contributed by atoms with van der Waals surface area (Å²) in [5.74, 6) is 0. The third kappa shape index (κ3) is 4.11. The molecule has 0 bridgehead atoms. The van der Waals surface area contributed by atoms with Crippen molar-refractivity contribution in [3.8, 4) is 11.1 Å².